The van der Waals surface area contributed by atoms with Gasteiger partial charge in [-0.1, -0.05) is 30.3 Å². The summed E-state index contributed by atoms with van der Waals surface area (Å²) in [6.07, 6.45) is 2.03. The summed E-state index contributed by atoms with van der Waals surface area (Å²) in [5.74, 6) is 1.75. The van der Waals surface area contributed by atoms with Crippen molar-refractivity contribution in [3.63, 3.8) is 0 Å². The van der Waals surface area contributed by atoms with Crippen molar-refractivity contribution >= 4 is 23.4 Å². The number of nitrogens with one attached hydrogen (secondary N) is 1. The Kier molecular flexibility index (Phi) is 5.68. The fourth-order valence-electron chi connectivity index (χ4n) is 2.95. The molecule has 1 unspecified atom stereocenters. The number of carbonyl (C=O) groups excluding carboxylic acids is 1. The molecule has 2 aromatic carbocycles. The molecule has 0 saturated heterocycles. The van der Waals surface area contributed by atoms with Gasteiger partial charge in [-0.25, -0.2) is 4.98 Å². The molecule has 0 bridgehead atoms. The van der Waals surface area contributed by atoms with Gasteiger partial charge in [-0.15, -0.1) is 11.8 Å². The summed E-state index contributed by atoms with van der Waals surface area (Å²) >= 11 is 1.56. The van der Waals surface area contributed by atoms with Crippen LogP contribution in [0.2, 0.25) is 0 Å². The number of nitriles is 1. The van der Waals surface area contributed by atoms with E-state index < -0.39 is 0 Å². The number of anilines is 1. The van der Waals surface area contributed by atoms with Crippen molar-refractivity contribution in [3.8, 4) is 17.5 Å². The average molecular weight is 404 g/mol. The molecule has 4 rings (SSSR count). The predicted octanol–water partition coefficient (Wildman–Crippen LogP) is 5.72. The number of hydrogen-bond donors (Lipinski definition) is 1. The molecule has 1 aliphatic rings. The number of nitrogens with zero attached hydrogens (tertiary/aromatic N) is 2. The minimum atomic E-state index is -0.265. The Balaban J connectivity index is 1.58. The lowest BCUT2D eigenvalue weighted by Gasteiger charge is -2.10. The van der Waals surface area contributed by atoms with Gasteiger partial charge in [0.15, 0.2) is 5.69 Å². The first-order valence-electron chi connectivity index (χ1n) is 9.64. The molecule has 1 aromatic heterocycles. The topological polar surface area (TPSA) is 78.9 Å². The minimum Gasteiger partial charge on any atom is -0.440 e. The Morgan fingerprint density at radius 1 is 1.24 bits per heavy atom. The largest absolute Gasteiger partial charge is 0.440 e. The number of oxazole rings is 1. The Hall–Kier alpha value is -3.04. The maximum absolute atomic E-state index is 13.1. The lowest BCUT2D eigenvalue weighted by atomic mass is 10.2. The molecule has 29 heavy (non-hydrogen) atoms. The molecule has 1 heterocycles. The number of carbonyl (C=O) groups is 1. The fourth-order valence-corrected chi connectivity index (χ4v) is 3.90. The van der Waals surface area contributed by atoms with E-state index in [0.29, 0.717) is 23.1 Å². The van der Waals surface area contributed by atoms with Crippen LogP contribution in [0, 0.1) is 17.2 Å². The summed E-state index contributed by atoms with van der Waals surface area (Å²) in [7, 11) is 0. The minimum absolute atomic E-state index is 0.0609. The molecule has 1 saturated carbocycles. The molecule has 0 spiro atoms. The van der Waals surface area contributed by atoms with Gasteiger partial charge < -0.3 is 9.73 Å². The molecule has 1 N–H and O–H groups in total. The second-order valence-electron chi connectivity index (χ2n) is 7.16. The van der Waals surface area contributed by atoms with Gasteiger partial charge in [-0.05, 0) is 44.0 Å². The van der Waals surface area contributed by atoms with E-state index in [0.717, 1.165) is 29.0 Å². The van der Waals surface area contributed by atoms with Crippen molar-refractivity contribution < 1.29 is 9.21 Å². The van der Waals surface area contributed by atoms with E-state index in [4.69, 9.17) is 9.68 Å². The van der Waals surface area contributed by atoms with E-state index in [1.165, 1.54) is 0 Å². The number of para-hydroxylation sites is 1. The summed E-state index contributed by atoms with van der Waals surface area (Å²) in [4.78, 5) is 18.5. The van der Waals surface area contributed by atoms with Gasteiger partial charge in [0.1, 0.15) is 5.76 Å². The van der Waals surface area contributed by atoms with Crippen molar-refractivity contribution in [2.45, 2.75) is 30.6 Å². The van der Waals surface area contributed by atoms with Crippen LogP contribution < -0.4 is 5.32 Å². The molecular formula is C23H21N3O2S. The van der Waals surface area contributed by atoms with Crippen LogP contribution >= 0.6 is 11.8 Å². The zero-order valence-corrected chi connectivity index (χ0v) is 16.9. The number of benzene rings is 2. The number of aromatic nitrogens is 1. The Labute approximate surface area is 174 Å². The van der Waals surface area contributed by atoms with Crippen molar-refractivity contribution in [1.82, 2.24) is 4.98 Å². The first-order chi connectivity index (χ1) is 14.2. The van der Waals surface area contributed by atoms with Crippen LogP contribution in [0.25, 0.3) is 11.5 Å². The van der Waals surface area contributed by atoms with Gasteiger partial charge in [0.05, 0.1) is 17.7 Å². The highest BCUT2D eigenvalue weighted by Gasteiger charge is 2.34. The van der Waals surface area contributed by atoms with Gasteiger partial charge in [-0.3, -0.25) is 4.79 Å². The average Bonchev–Trinajstić information content (AvgIpc) is 3.51. The molecule has 1 amide bonds. The number of hydrogen-bond acceptors (Lipinski definition) is 5. The molecule has 6 heteroatoms. The first kappa shape index (κ1) is 19.3. The summed E-state index contributed by atoms with van der Waals surface area (Å²) in [5, 5.41) is 12.0. The highest BCUT2D eigenvalue weighted by molar-refractivity contribution is 7.99. The molecule has 1 fully saturated rings. The SMILES string of the molecule is CC(C#N)CSc1ccccc1NC(=O)c1nc(-c2ccccc2)oc1C1CC1. The molecule has 1 atom stereocenters. The van der Waals surface area contributed by atoms with Crippen LogP contribution in [0.5, 0.6) is 0 Å². The van der Waals surface area contributed by atoms with Crippen LogP contribution in [-0.2, 0) is 0 Å². The molecule has 3 aromatic rings. The Morgan fingerprint density at radius 3 is 2.69 bits per heavy atom. The zero-order chi connectivity index (χ0) is 20.2. The second-order valence-corrected chi connectivity index (χ2v) is 8.23. The summed E-state index contributed by atoms with van der Waals surface area (Å²) in [6, 6.07) is 19.5. The standard InChI is InChI=1S/C23H21N3O2S/c1-15(13-24)14-29-19-10-6-5-9-18(19)25-22(27)20-21(16-11-12-16)28-23(26-20)17-7-3-2-4-8-17/h2-10,15-16H,11-12,14H2,1H3,(H,25,27). The van der Waals surface area contributed by atoms with Crippen molar-refractivity contribution in [2.24, 2.45) is 5.92 Å². The van der Waals surface area contributed by atoms with E-state index in [1.807, 2.05) is 61.5 Å². The number of rotatable bonds is 7. The summed E-state index contributed by atoms with van der Waals surface area (Å²) < 4.78 is 5.99. The fraction of sp³-hybridized carbons (Fsp3) is 0.261. The molecule has 1 aliphatic carbocycles. The molecule has 0 aliphatic heterocycles. The van der Waals surface area contributed by atoms with E-state index in [9.17, 15) is 4.79 Å². The van der Waals surface area contributed by atoms with Gasteiger partial charge in [0.25, 0.3) is 5.91 Å². The number of amides is 1. The van der Waals surface area contributed by atoms with Crippen molar-refractivity contribution in [2.75, 3.05) is 11.1 Å². The molecule has 5 nitrogen and oxygen atoms in total. The third-order valence-electron chi connectivity index (χ3n) is 4.68. The van der Waals surface area contributed by atoms with Crippen LogP contribution in [-0.4, -0.2) is 16.6 Å². The Morgan fingerprint density at radius 2 is 1.97 bits per heavy atom. The Bertz CT molecular complexity index is 1050. The van der Waals surface area contributed by atoms with Crippen molar-refractivity contribution in [1.29, 1.82) is 5.26 Å². The molecular weight excluding hydrogens is 382 g/mol. The summed E-state index contributed by atoms with van der Waals surface area (Å²) in [6.45, 7) is 1.89. The predicted molar refractivity (Wildman–Crippen MR) is 114 cm³/mol. The van der Waals surface area contributed by atoms with Gasteiger partial charge in [0.2, 0.25) is 5.89 Å². The lowest BCUT2D eigenvalue weighted by Crippen LogP contribution is -2.15. The molecule has 146 valence electrons. The normalized spacial score (nSPS) is 14.2. The van der Waals surface area contributed by atoms with Gasteiger partial charge in [0, 0.05) is 22.1 Å². The highest BCUT2D eigenvalue weighted by atomic mass is 32.2. The van der Waals surface area contributed by atoms with Crippen LogP contribution in [0.15, 0.2) is 63.9 Å². The highest BCUT2D eigenvalue weighted by Crippen LogP contribution is 2.43. The van der Waals surface area contributed by atoms with Crippen LogP contribution in [0.1, 0.15) is 41.9 Å². The monoisotopic (exact) mass is 403 g/mol. The maximum Gasteiger partial charge on any atom is 0.277 e. The van der Waals surface area contributed by atoms with E-state index in [-0.39, 0.29) is 17.7 Å². The second kappa shape index (κ2) is 8.54. The first-order valence-corrected chi connectivity index (χ1v) is 10.6. The lowest BCUT2D eigenvalue weighted by molar-refractivity contribution is 0.102. The third-order valence-corrected chi connectivity index (χ3v) is 6.02. The summed E-state index contributed by atoms with van der Waals surface area (Å²) in [5.41, 5.74) is 1.94. The maximum atomic E-state index is 13.1. The van der Waals surface area contributed by atoms with E-state index in [2.05, 4.69) is 16.4 Å². The van der Waals surface area contributed by atoms with Crippen LogP contribution in [0.3, 0.4) is 0 Å². The van der Waals surface area contributed by atoms with Crippen molar-refractivity contribution in [3.05, 3.63) is 66.1 Å². The number of thioether (sulfide) groups is 1. The third kappa shape index (κ3) is 4.52. The van der Waals surface area contributed by atoms with Gasteiger partial charge in [-0.2, -0.15) is 5.26 Å². The smallest absolute Gasteiger partial charge is 0.277 e. The zero-order valence-electron chi connectivity index (χ0n) is 16.1. The van der Waals surface area contributed by atoms with E-state index >= 15 is 0 Å². The quantitative estimate of drug-likeness (QED) is 0.510. The van der Waals surface area contributed by atoms with Gasteiger partial charge >= 0.3 is 0 Å². The van der Waals surface area contributed by atoms with Crippen LogP contribution in [0.4, 0.5) is 5.69 Å². The van der Waals surface area contributed by atoms with E-state index in [1.54, 1.807) is 11.8 Å². The molecule has 0 radical (unpaired) electrons.